The van der Waals surface area contributed by atoms with Gasteiger partial charge in [-0.05, 0) is 0 Å². The van der Waals surface area contributed by atoms with E-state index in [2.05, 4.69) is 104 Å². The Kier molecular flexibility index (Phi) is 4.45. The second kappa shape index (κ2) is 6.83. The average molecular weight is 446 g/mol. The van der Waals surface area contributed by atoms with Gasteiger partial charge in [-0.15, -0.1) is 0 Å². The molecule has 0 amide bonds. The number of fused-ring (bicyclic) bond motifs is 2. The maximum atomic E-state index is 2.65. The van der Waals surface area contributed by atoms with Crippen LogP contribution in [0.4, 0.5) is 0 Å². The predicted octanol–water partition coefficient (Wildman–Crippen LogP) is 6.50. The van der Waals surface area contributed by atoms with E-state index in [-0.39, 0.29) is 0 Å². The number of hydrogen-bond donors (Lipinski definition) is 0. The Morgan fingerprint density at radius 2 is 1.37 bits per heavy atom. The van der Waals surface area contributed by atoms with Gasteiger partial charge in [-0.25, -0.2) is 0 Å². The van der Waals surface area contributed by atoms with Gasteiger partial charge < -0.3 is 0 Å². The van der Waals surface area contributed by atoms with E-state index < -0.39 is 25.4 Å². The van der Waals surface area contributed by atoms with Gasteiger partial charge in [0, 0.05) is 0 Å². The summed E-state index contributed by atoms with van der Waals surface area (Å²) < 4.78 is 3.20. The topological polar surface area (TPSA) is 0 Å². The van der Waals surface area contributed by atoms with Crippen molar-refractivity contribution < 1.29 is 19.4 Å². The fraction of sp³-hybridized carbons (Fsp3) is 0.200. The molecule has 0 heterocycles. The van der Waals surface area contributed by atoms with Crippen molar-refractivity contribution in [2.75, 3.05) is 0 Å². The van der Waals surface area contributed by atoms with Gasteiger partial charge in [0.25, 0.3) is 0 Å². The van der Waals surface area contributed by atoms with Gasteiger partial charge in [0.05, 0.1) is 0 Å². The maximum absolute atomic E-state index is 2.84. The molecular formula is C25H26SiZr. The first-order valence-electron chi connectivity index (χ1n) is 10.1. The zero-order valence-electron chi connectivity index (χ0n) is 16.1. The Bertz CT molecular complexity index is 947. The monoisotopic (exact) mass is 444 g/mol. The van der Waals surface area contributed by atoms with E-state index in [0.717, 1.165) is 0 Å². The standard InChI is InChI=1S/2C9H7.C5H5.C2H7Si.Zr/c2*1-2-5-9-7-3-6-8(9)4-1;1-2-4-5-3-1;1-3-2;/h2*1-7H;1-3H,4H2;3H,1-2H3;. The van der Waals surface area contributed by atoms with Crippen molar-refractivity contribution in [3.63, 3.8) is 0 Å². The van der Waals surface area contributed by atoms with Crippen molar-refractivity contribution in [2.45, 2.75) is 26.8 Å². The quantitative estimate of drug-likeness (QED) is 0.471. The van der Waals surface area contributed by atoms with Crippen molar-refractivity contribution in [3.05, 3.63) is 104 Å². The van der Waals surface area contributed by atoms with Crippen LogP contribution in [0.25, 0.3) is 12.2 Å². The number of hydrogen-bond acceptors (Lipinski definition) is 0. The molecule has 3 aliphatic carbocycles. The van der Waals surface area contributed by atoms with Crippen molar-refractivity contribution in [1.29, 1.82) is 0 Å². The molecular weight excluding hydrogens is 420 g/mol. The van der Waals surface area contributed by atoms with Crippen LogP contribution in [-0.4, -0.2) is 5.92 Å². The first kappa shape index (κ1) is 17.6. The van der Waals surface area contributed by atoms with Crippen LogP contribution in [0.1, 0.15) is 35.9 Å². The summed E-state index contributed by atoms with van der Waals surface area (Å²) in [5, 5.41) is 0. The Morgan fingerprint density at radius 1 is 0.815 bits per heavy atom. The van der Waals surface area contributed by atoms with Crippen LogP contribution in [-0.2, 0) is 19.4 Å². The van der Waals surface area contributed by atoms with E-state index in [1.807, 2.05) is 3.28 Å². The van der Waals surface area contributed by atoms with Gasteiger partial charge >= 0.3 is 169 Å². The van der Waals surface area contributed by atoms with E-state index in [4.69, 9.17) is 0 Å². The molecule has 134 valence electrons. The predicted molar refractivity (Wildman–Crippen MR) is 117 cm³/mol. The summed E-state index contributed by atoms with van der Waals surface area (Å²) in [6.45, 7) is 5.30. The molecule has 2 unspecified atom stereocenters. The summed E-state index contributed by atoms with van der Waals surface area (Å²) in [4.78, 5) is 0. The summed E-state index contributed by atoms with van der Waals surface area (Å²) in [7, 11) is 0. The second-order valence-corrected chi connectivity index (χ2v) is 34.0. The summed E-state index contributed by atoms with van der Waals surface area (Å²) in [5.41, 5.74) is 6.14. The molecule has 3 aliphatic rings. The van der Waals surface area contributed by atoms with Gasteiger partial charge in [0.1, 0.15) is 0 Å². The summed E-state index contributed by atoms with van der Waals surface area (Å²) in [6, 6.07) is 18.3. The Labute approximate surface area is 168 Å². The van der Waals surface area contributed by atoms with Gasteiger partial charge in [-0.1, -0.05) is 0 Å². The van der Waals surface area contributed by atoms with Gasteiger partial charge in [-0.3, -0.25) is 0 Å². The van der Waals surface area contributed by atoms with Crippen LogP contribution < -0.4 is 0 Å². The molecule has 0 saturated carbocycles. The fourth-order valence-electron chi connectivity index (χ4n) is 5.78. The molecule has 0 saturated heterocycles. The SMILES string of the molecule is C[SiH](C)[Zr]([C]1=CC=CC1)([CH]1C=Cc2ccccc21)[CH]1C=Cc2ccccc21. The molecule has 2 aromatic rings. The molecule has 0 aliphatic heterocycles. The minimum absolute atomic E-state index is 0.675. The average Bonchev–Trinajstić information content (AvgIpc) is 3.43. The number of benzene rings is 2. The van der Waals surface area contributed by atoms with Gasteiger partial charge in [0.15, 0.2) is 0 Å². The van der Waals surface area contributed by atoms with Crippen molar-refractivity contribution in [1.82, 2.24) is 0 Å². The molecule has 0 N–H and O–H groups in total. The fourth-order valence-corrected chi connectivity index (χ4v) is 39.6. The van der Waals surface area contributed by atoms with Crippen LogP contribution in [0.3, 0.4) is 0 Å². The number of rotatable bonds is 4. The normalized spacial score (nSPS) is 24.2. The van der Waals surface area contributed by atoms with E-state index in [9.17, 15) is 0 Å². The van der Waals surface area contributed by atoms with Crippen molar-refractivity contribution in [2.24, 2.45) is 0 Å². The summed E-state index contributed by atoms with van der Waals surface area (Å²) in [6.07, 6.45) is 18.5. The molecule has 2 atom stereocenters. The molecule has 27 heavy (non-hydrogen) atoms. The van der Waals surface area contributed by atoms with Gasteiger partial charge in [0.2, 0.25) is 0 Å². The van der Waals surface area contributed by atoms with E-state index in [0.29, 0.717) is 7.25 Å². The van der Waals surface area contributed by atoms with Crippen LogP contribution in [0.5, 0.6) is 0 Å². The Morgan fingerprint density at radius 3 is 1.85 bits per heavy atom. The third-order valence-electron chi connectivity index (χ3n) is 6.91. The van der Waals surface area contributed by atoms with Crippen LogP contribution in [0.15, 0.2) is 82.2 Å². The molecule has 2 heteroatoms. The Hall–Kier alpha value is -1.50. The zero-order chi connectivity index (χ0) is 18.4. The van der Waals surface area contributed by atoms with E-state index >= 15 is 0 Å². The van der Waals surface area contributed by atoms with Crippen molar-refractivity contribution in [3.8, 4) is 0 Å². The second-order valence-electron chi connectivity index (χ2n) is 8.34. The summed E-state index contributed by atoms with van der Waals surface area (Å²) in [5.74, 6) is -0.899. The zero-order valence-corrected chi connectivity index (χ0v) is 19.7. The van der Waals surface area contributed by atoms with Crippen LogP contribution in [0.2, 0.25) is 13.1 Å². The van der Waals surface area contributed by atoms with Crippen LogP contribution in [0, 0.1) is 0 Å². The first-order chi connectivity index (χ1) is 13.2. The Balaban J connectivity index is 1.75. The number of allylic oxidation sites excluding steroid dienone is 6. The molecule has 0 nitrogen and oxygen atoms in total. The molecule has 0 spiro atoms. The van der Waals surface area contributed by atoms with Crippen LogP contribution >= 0.6 is 0 Å². The molecule has 5 rings (SSSR count). The van der Waals surface area contributed by atoms with Crippen molar-refractivity contribution >= 4 is 18.1 Å². The van der Waals surface area contributed by atoms with E-state index in [1.54, 1.807) is 11.1 Å². The first-order valence-corrected chi connectivity index (χ1v) is 21.3. The summed E-state index contributed by atoms with van der Waals surface area (Å²) >= 11 is -2.84. The molecule has 0 fully saturated rings. The molecule has 0 radical (unpaired) electrons. The molecule has 0 aromatic heterocycles. The third-order valence-corrected chi connectivity index (χ3v) is 40.5. The molecule has 2 aromatic carbocycles. The third kappa shape index (κ3) is 2.57. The van der Waals surface area contributed by atoms with E-state index in [1.165, 1.54) is 17.5 Å². The van der Waals surface area contributed by atoms with Gasteiger partial charge in [-0.2, -0.15) is 0 Å². The molecule has 0 bridgehead atoms. The minimum atomic E-state index is -2.84.